The lowest BCUT2D eigenvalue weighted by atomic mass is 10.1. The van der Waals surface area contributed by atoms with Crippen LogP contribution in [0.3, 0.4) is 0 Å². The third kappa shape index (κ3) is 4.21. The molecule has 0 radical (unpaired) electrons. The van der Waals surface area contributed by atoms with Crippen LogP contribution in [0, 0.1) is 20.8 Å². The zero-order chi connectivity index (χ0) is 18.7. The van der Waals surface area contributed by atoms with Crippen molar-refractivity contribution in [3.8, 4) is 0 Å². The molecule has 2 N–H and O–H groups in total. The Hall–Kier alpha value is -2.86. The third-order valence-corrected chi connectivity index (χ3v) is 5.39. The SMILES string of the molecule is Cc1ccc(S(=O)(=O)Nc2ccc(Nc3ccc(C)cc3C)nc2)cc1. The summed E-state index contributed by atoms with van der Waals surface area (Å²) >= 11 is 0. The van der Waals surface area contributed by atoms with E-state index in [1.165, 1.54) is 11.8 Å². The minimum absolute atomic E-state index is 0.223. The highest BCUT2D eigenvalue weighted by molar-refractivity contribution is 7.92. The van der Waals surface area contributed by atoms with Gasteiger partial charge in [0.05, 0.1) is 16.8 Å². The van der Waals surface area contributed by atoms with Crippen molar-refractivity contribution in [1.29, 1.82) is 0 Å². The average molecular weight is 367 g/mol. The molecule has 0 saturated carbocycles. The Morgan fingerprint density at radius 3 is 2.15 bits per heavy atom. The van der Waals surface area contributed by atoms with Crippen molar-refractivity contribution in [2.75, 3.05) is 10.0 Å². The first kappa shape index (κ1) is 17.9. The zero-order valence-electron chi connectivity index (χ0n) is 14.9. The van der Waals surface area contributed by atoms with Crippen molar-refractivity contribution in [3.05, 3.63) is 77.5 Å². The van der Waals surface area contributed by atoms with Gasteiger partial charge < -0.3 is 5.32 Å². The van der Waals surface area contributed by atoms with Gasteiger partial charge in [-0.15, -0.1) is 0 Å². The second kappa shape index (κ2) is 7.17. The molecule has 26 heavy (non-hydrogen) atoms. The van der Waals surface area contributed by atoms with E-state index in [4.69, 9.17) is 0 Å². The Bertz CT molecular complexity index is 1010. The summed E-state index contributed by atoms with van der Waals surface area (Å²) in [7, 11) is -3.62. The topological polar surface area (TPSA) is 71.1 Å². The quantitative estimate of drug-likeness (QED) is 0.694. The molecule has 0 fully saturated rings. The van der Waals surface area contributed by atoms with Gasteiger partial charge in [0.15, 0.2) is 0 Å². The molecule has 0 spiro atoms. The monoisotopic (exact) mass is 367 g/mol. The van der Waals surface area contributed by atoms with Crippen LogP contribution in [-0.2, 0) is 10.0 Å². The Balaban J connectivity index is 1.74. The van der Waals surface area contributed by atoms with Gasteiger partial charge in [-0.1, -0.05) is 35.4 Å². The number of sulfonamides is 1. The molecule has 3 rings (SSSR count). The normalized spacial score (nSPS) is 11.2. The Kier molecular flexibility index (Phi) is 4.95. The smallest absolute Gasteiger partial charge is 0.261 e. The Morgan fingerprint density at radius 2 is 1.54 bits per heavy atom. The summed E-state index contributed by atoms with van der Waals surface area (Å²) in [4.78, 5) is 4.51. The van der Waals surface area contributed by atoms with Gasteiger partial charge in [-0.3, -0.25) is 4.72 Å². The van der Waals surface area contributed by atoms with Gasteiger partial charge in [0.1, 0.15) is 5.82 Å². The molecular formula is C20H21N3O2S. The van der Waals surface area contributed by atoms with Crippen molar-refractivity contribution in [2.24, 2.45) is 0 Å². The first-order chi connectivity index (χ1) is 12.3. The fraction of sp³-hybridized carbons (Fsp3) is 0.150. The van der Waals surface area contributed by atoms with Crippen LogP contribution in [0.4, 0.5) is 17.2 Å². The average Bonchev–Trinajstić information content (AvgIpc) is 2.59. The lowest BCUT2D eigenvalue weighted by molar-refractivity contribution is 0.601. The van der Waals surface area contributed by atoms with Gasteiger partial charge >= 0.3 is 0 Å². The molecule has 0 saturated heterocycles. The minimum Gasteiger partial charge on any atom is -0.340 e. The van der Waals surface area contributed by atoms with Gasteiger partial charge in [0, 0.05) is 5.69 Å². The number of hydrogen-bond acceptors (Lipinski definition) is 4. The maximum absolute atomic E-state index is 12.4. The first-order valence-electron chi connectivity index (χ1n) is 8.23. The van der Waals surface area contributed by atoms with Crippen LogP contribution in [0.5, 0.6) is 0 Å². The van der Waals surface area contributed by atoms with E-state index in [2.05, 4.69) is 21.1 Å². The summed E-state index contributed by atoms with van der Waals surface area (Å²) in [5, 5.41) is 3.24. The second-order valence-electron chi connectivity index (χ2n) is 6.29. The molecule has 3 aromatic rings. The highest BCUT2D eigenvalue weighted by Gasteiger charge is 2.14. The van der Waals surface area contributed by atoms with E-state index in [1.54, 1.807) is 36.4 Å². The first-order valence-corrected chi connectivity index (χ1v) is 9.72. The second-order valence-corrected chi connectivity index (χ2v) is 7.98. The summed E-state index contributed by atoms with van der Waals surface area (Å²) in [6, 6.07) is 16.2. The molecule has 5 nitrogen and oxygen atoms in total. The number of anilines is 3. The van der Waals surface area contributed by atoms with E-state index in [0.29, 0.717) is 11.5 Å². The fourth-order valence-corrected chi connectivity index (χ4v) is 3.59. The third-order valence-electron chi connectivity index (χ3n) is 3.99. The molecular weight excluding hydrogens is 346 g/mol. The summed E-state index contributed by atoms with van der Waals surface area (Å²) in [6.07, 6.45) is 1.50. The maximum Gasteiger partial charge on any atom is 0.261 e. The van der Waals surface area contributed by atoms with Crippen LogP contribution >= 0.6 is 0 Å². The summed E-state index contributed by atoms with van der Waals surface area (Å²) in [5.41, 5.74) is 4.71. The van der Waals surface area contributed by atoms with E-state index in [-0.39, 0.29) is 4.90 Å². The van der Waals surface area contributed by atoms with E-state index in [9.17, 15) is 8.42 Å². The highest BCUT2D eigenvalue weighted by atomic mass is 32.2. The van der Waals surface area contributed by atoms with Crippen LogP contribution in [0.15, 0.2) is 65.7 Å². The van der Waals surface area contributed by atoms with Crippen molar-refractivity contribution in [3.63, 3.8) is 0 Å². The number of aromatic nitrogens is 1. The Labute approximate surface area is 154 Å². The molecule has 0 aliphatic rings. The molecule has 0 atom stereocenters. The summed E-state index contributed by atoms with van der Waals surface area (Å²) < 4.78 is 27.4. The molecule has 0 amide bonds. The standard InChI is InChI=1S/C20H21N3O2S/c1-14-4-8-18(9-5-14)26(24,25)23-17-7-11-20(21-13-17)22-19-10-6-15(2)12-16(19)3/h4-13,23H,1-3H3,(H,21,22). The van der Waals surface area contributed by atoms with E-state index in [0.717, 1.165) is 16.8 Å². The molecule has 1 aromatic heterocycles. The number of aryl methyl sites for hydroxylation is 3. The van der Waals surface area contributed by atoms with Gasteiger partial charge in [-0.05, 0) is 56.7 Å². The number of rotatable bonds is 5. The van der Waals surface area contributed by atoms with Crippen LogP contribution in [-0.4, -0.2) is 13.4 Å². The van der Waals surface area contributed by atoms with Crippen LogP contribution < -0.4 is 10.0 Å². The van der Waals surface area contributed by atoms with E-state index < -0.39 is 10.0 Å². The van der Waals surface area contributed by atoms with E-state index >= 15 is 0 Å². The molecule has 1 heterocycles. The lowest BCUT2D eigenvalue weighted by Crippen LogP contribution is -2.13. The fourth-order valence-electron chi connectivity index (χ4n) is 2.55. The van der Waals surface area contributed by atoms with Crippen molar-refractivity contribution in [1.82, 2.24) is 4.98 Å². The van der Waals surface area contributed by atoms with E-state index in [1.807, 2.05) is 32.9 Å². The molecule has 0 aliphatic carbocycles. The van der Waals surface area contributed by atoms with Gasteiger partial charge in [0.2, 0.25) is 0 Å². The van der Waals surface area contributed by atoms with Crippen LogP contribution in [0.2, 0.25) is 0 Å². The van der Waals surface area contributed by atoms with Crippen LogP contribution in [0.25, 0.3) is 0 Å². The van der Waals surface area contributed by atoms with Crippen molar-refractivity contribution < 1.29 is 8.42 Å². The number of nitrogens with one attached hydrogen (secondary N) is 2. The number of hydrogen-bond donors (Lipinski definition) is 2. The van der Waals surface area contributed by atoms with Gasteiger partial charge in [0.25, 0.3) is 10.0 Å². The van der Waals surface area contributed by atoms with Crippen LogP contribution in [0.1, 0.15) is 16.7 Å². The summed E-state index contributed by atoms with van der Waals surface area (Å²) in [6.45, 7) is 5.98. The van der Waals surface area contributed by atoms with Crippen molar-refractivity contribution in [2.45, 2.75) is 25.7 Å². The largest absolute Gasteiger partial charge is 0.340 e. The molecule has 0 unspecified atom stereocenters. The molecule has 134 valence electrons. The lowest BCUT2D eigenvalue weighted by Gasteiger charge is -2.11. The van der Waals surface area contributed by atoms with Crippen molar-refractivity contribution >= 4 is 27.2 Å². The highest BCUT2D eigenvalue weighted by Crippen LogP contribution is 2.22. The van der Waals surface area contributed by atoms with Gasteiger partial charge in [-0.25, -0.2) is 13.4 Å². The molecule has 6 heteroatoms. The number of benzene rings is 2. The molecule has 2 aromatic carbocycles. The predicted octanol–water partition coefficient (Wildman–Crippen LogP) is 4.55. The summed E-state index contributed by atoms with van der Waals surface area (Å²) in [5.74, 6) is 0.648. The Morgan fingerprint density at radius 1 is 0.846 bits per heavy atom. The minimum atomic E-state index is -3.62. The maximum atomic E-state index is 12.4. The number of nitrogens with zero attached hydrogens (tertiary/aromatic N) is 1. The molecule has 0 bridgehead atoms. The number of pyridine rings is 1. The molecule has 0 aliphatic heterocycles. The van der Waals surface area contributed by atoms with Gasteiger partial charge in [-0.2, -0.15) is 0 Å². The zero-order valence-corrected chi connectivity index (χ0v) is 15.8. The predicted molar refractivity (Wildman–Crippen MR) is 105 cm³/mol.